The number of nitrogens with zero attached hydrogens (tertiary/aromatic N) is 2. The number of halogens is 2. The van der Waals surface area contributed by atoms with Gasteiger partial charge in [-0.3, -0.25) is 9.59 Å². The monoisotopic (exact) mass is 386 g/mol. The highest BCUT2D eigenvalue weighted by Gasteiger charge is 2.52. The van der Waals surface area contributed by atoms with Crippen molar-refractivity contribution in [2.45, 2.75) is 40.0 Å². The zero-order chi connectivity index (χ0) is 20.9. The molecule has 28 heavy (non-hydrogen) atoms. The Morgan fingerprint density at radius 1 is 1.21 bits per heavy atom. The van der Waals surface area contributed by atoms with Gasteiger partial charge in [-0.25, -0.2) is 8.78 Å². The average Bonchev–Trinajstić information content (AvgIpc) is 2.61. The molecule has 1 spiro atoms. The first kappa shape index (κ1) is 20.2. The van der Waals surface area contributed by atoms with Crippen LogP contribution in [0.15, 0.2) is 35.9 Å². The highest BCUT2D eigenvalue weighted by molar-refractivity contribution is 6.04. The molecule has 0 N–H and O–H groups in total. The molecule has 0 bridgehead atoms. The molecule has 0 saturated carbocycles. The van der Waals surface area contributed by atoms with Crippen LogP contribution in [-0.4, -0.2) is 29.7 Å². The Kier molecular flexibility index (Phi) is 4.69. The Bertz CT molecular complexity index is 886. The van der Waals surface area contributed by atoms with Crippen LogP contribution in [0.5, 0.6) is 0 Å². The third kappa shape index (κ3) is 3.23. The van der Waals surface area contributed by atoms with E-state index < -0.39 is 17.3 Å². The van der Waals surface area contributed by atoms with E-state index in [9.17, 15) is 23.6 Å². The summed E-state index contributed by atoms with van der Waals surface area (Å²) in [6.45, 7) is 7.38. The summed E-state index contributed by atoms with van der Waals surface area (Å²) in [5.74, 6) is -4.16. The van der Waals surface area contributed by atoms with Crippen LogP contribution in [0.2, 0.25) is 0 Å². The molecule has 0 atom stereocenters. The first-order valence-electron chi connectivity index (χ1n) is 9.37. The Hall–Kier alpha value is -2.55. The van der Waals surface area contributed by atoms with E-state index in [0.717, 1.165) is 0 Å². The van der Waals surface area contributed by atoms with Crippen LogP contribution in [0.1, 0.15) is 50.0 Å². The average molecular weight is 386 g/mol. The van der Waals surface area contributed by atoms with Crippen LogP contribution < -0.4 is 0 Å². The molecule has 1 aromatic rings. The lowest BCUT2D eigenvalue weighted by atomic mass is 9.61. The van der Waals surface area contributed by atoms with E-state index in [1.165, 1.54) is 38.1 Å². The Morgan fingerprint density at radius 2 is 1.79 bits per heavy atom. The predicted molar refractivity (Wildman–Crippen MR) is 101 cm³/mol. The second kappa shape index (κ2) is 6.51. The smallest absolute Gasteiger partial charge is 0.275 e. The topological polar surface area (TPSA) is 61.2 Å². The number of carbonyl (C=O) groups is 2. The summed E-state index contributed by atoms with van der Waals surface area (Å²) < 4.78 is 28.2. The molecular weight excluding hydrogens is 362 g/mol. The number of alkyl halides is 2. The quantitative estimate of drug-likeness (QED) is 0.777. The number of amides is 1. The van der Waals surface area contributed by atoms with Crippen molar-refractivity contribution in [3.05, 3.63) is 47.0 Å². The first-order chi connectivity index (χ1) is 12.9. The van der Waals surface area contributed by atoms with Gasteiger partial charge in [-0.15, -0.1) is 0 Å². The lowest BCUT2D eigenvalue weighted by molar-refractivity contribution is -0.127. The summed E-state index contributed by atoms with van der Waals surface area (Å²) in [7, 11) is 0. The van der Waals surface area contributed by atoms with Gasteiger partial charge < -0.3 is 4.90 Å². The maximum atomic E-state index is 14.1. The zero-order valence-electron chi connectivity index (χ0n) is 16.6. The van der Waals surface area contributed by atoms with E-state index in [-0.39, 0.29) is 28.2 Å². The Morgan fingerprint density at radius 3 is 2.29 bits per heavy atom. The number of ketones is 1. The molecule has 1 aromatic carbocycles. The molecular formula is C22H24F2N2O2. The minimum absolute atomic E-state index is 0.103. The molecule has 1 aliphatic carbocycles. The van der Waals surface area contributed by atoms with Gasteiger partial charge in [-0.2, -0.15) is 5.26 Å². The molecule has 1 saturated heterocycles. The van der Waals surface area contributed by atoms with E-state index in [2.05, 4.69) is 0 Å². The van der Waals surface area contributed by atoms with Gasteiger partial charge in [0.25, 0.3) is 11.8 Å². The minimum Gasteiger partial charge on any atom is -0.337 e. The fourth-order valence-corrected chi connectivity index (χ4v) is 4.24. The van der Waals surface area contributed by atoms with Crippen LogP contribution in [0.25, 0.3) is 0 Å². The van der Waals surface area contributed by atoms with Crippen molar-refractivity contribution in [2.75, 3.05) is 13.1 Å². The SMILES string of the molecule is CC(C)C(F)(F)c1ccc(C(=O)N2CC3(C=C(C#N)C(=O)C(C)(C)C3)C2)cc1. The first-order valence-corrected chi connectivity index (χ1v) is 9.37. The van der Waals surface area contributed by atoms with Gasteiger partial charge in [0.1, 0.15) is 6.07 Å². The molecule has 4 nitrogen and oxygen atoms in total. The van der Waals surface area contributed by atoms with Crippen molar-refractivity contribution < 1.29 is 18.4 Å². The maximum absolute atomic E-state index is 14.1. The summed E-state index contributed by atoms with van der Waals surface area (Å²) >= 11 is 0. The number of likely N-dealkylation sites (tertiary alicyclic amines) is 1. The van der Waals surface area contributed by atoms with Gasteiger partial charge in [-0.05, 0) is 18.6 Å². The highest BCUT2D eigenvalue weighted by atomic mass is 19.3. The van der Waals surface area contributed by atoms with Gasteiger partial charge in [0.15, 0.2) is 5.78 Å². The summed E-state index contributed by atoms with van der Waals surface area (Å²) in [5, 5.41) is 9.25. The minimum atomic E-state index is -2.94. The van der Waals surface area contributed by atoms with E-state index >= 15 is 0 Å². The van der Waals surface area contributed by atoms with Crippen molar-refractivity contribution in [3.63, 3.8) is 0 Å². The summed E-state index contributed by atoms with van der Waals surface area (Å²) in [4.78, 5) is 26.6. The molecule has 1 fully saturated rings. The standard InChI is InChI=1S/C22H24F2N2O2/c1-14(2)22(23,24)17-7-5-15(6-8-17)19(28)26-12-21(13-26)9-16(10-25)18(27)20(3,4)11-21/h5-9,14H,11-13H2,1-4H3. The molecule has 3 rings (SSSR count). The van der Waals surface area contributed by atoms with E-state index in [1.54, 1.807) is 11.0 Å². The second-order valence-corrected chi connectivity index (χ2v) is 8.94. The van der Waals surface area contributed by atoms with Gasteiger partial charge in [0.05, 0.1) is 5.57 Å². The molecule has 0 unspecified atom stereocenters. The number of allylic oxidation sites excluding steroid dienone is 1. The molecule has 0 aromatic heterocycles. The number of hydrogen-bond acceptors (Lipinski definition) is 3. The van der Waals surface area contributed by atoms with Crippen LogP contribution in [-0.2, 0) is 10.7 Å². The van der Waals surface area contributed by atoms with Gasteiger partial charge in [-0.1, -0.05) is 45.9 Å². The largest absolute Gasteiger partial charge is 0.337 e. The highest BCUT2D eigenvalue weighted by Crippen LogP contribution is 2.48. The third-order valence-corrected chi connectivity index (χ3v) is 5.76. The van der Waals surface area contributed by atoms with Crippen LogP contribution in [0.4, 0.5) is 8.78 Å². The Balaban J connectivity index is 1.74. The van der Waals surface area contributed by atoms with E-state index in [1.807, 2.05) is 19.9 Å². The molecule has 2 aliphatic rings. The number of nitriles is 1. The maximum Gasteiger partial charge on any atom is 0.275 e. The number of hydrogen-bond donors (Lipinski definition) is 0. The van der Waals surface area contributed by atoms with Crippen LogP contribution in [0, 0.1) is 28.1 Å². The molecule has 1 aliphatic heterocycles. The summed E-state index contributed by atoms with van der Waals surface area (Å²) in [6, 6.07) is 7.45. The van der Waals surface area contributed by atoms with Gasteiger partial charge in [0.2, 0.25) is 0 Å². The summed E-state index contributed by atoms with van der Waals surface area (Å²) in [5.41, 5.74) is -0.604. The summed E-state index contributed by atoms with van der Waals surface area (Å²) in [6.07, 6.45) is 2.28. The third-order valence-electron chi connectivity index (χ3n) is 5.76. The van der Waals surface area contributed by atoms with Crippen molar-refractivity contribution in [2.24, 2.45) is 16.7 Å². The molecule has 148 valence electrons. The normalized spacial score (nSPS) is 20.6. The number of Topliss-reactive ketones (excluding diaryl/α,β-unsaturated/α-hetero) is 1. The molecule has 1 heterocycles. The molecule has 0 radical (unpaired) electrons. The molecule has 1 amide bonds. The van der Waals surface area contributed by atoms with E-state index in [4.69, 9.17) is 0 Å². The van der Waals surface area contributed by atoms with Gasteiger partial charge in [0, 0.05) is 41.0 Å². The predicted octanol–water partition coefficient (Wildman–Crippen LogP) is 4.33. The van der Waals surface area contributed by atoms with Crippen LogP contribution in [0.3, 0.4) is 0 Å². The van der Waals surface area contributed by atoms with Crippen molar-refractivity contribution in [1.29, 1.82) is 5.26 Å². The lowest BCUT2D eigenvalue weighted by Crippen LogP contribution is -2.60. The number of carbonyl (C=O) groups excluding carboxylic acids is 2. The number of rotatable bonds is 3. The van der Waals surface area contributed by atoms with Gasteiger partial charge >= 0.3 is 0 Å². The fourth-order valence-electron chi connectivity index (χ4n) is 4.24. The zero-order valence-corrected chi connectivity index (χ0v) is 16.6. The lowest BCUT2D eigenvalue weighted by Gasteiger charge is -2.53. The van der Waals surface area contributed by atoms with Crippen LogP contribution >= 0.6 is 0 Å². The van der Waals surface area contributed by atoms with Crippen molar-refractivity contribution >= 4 is 11.7 Å². The fraction of sp³-hybridized carbons (Fsp3) is 0.500. The Labute approximate surface area is 163 Å². The second-order valence-electron chi connectivity index (χ2n) is 8.94. The van der Waals surface area contributed by atoms with Crippen molar-refractivity contribution in [3.8, 4) is 6.07 Å². The van der Waals surface area contributed by atoms with Crippen molar-refractivity contribution in [1.82, 2.24) is 4.90 Å². The molecule has 6 heteroatoms. The van der Waals surface area contributed by atoms with E-state index in [0.29, 0.717) is 25.1 Å². The number of benzene rings is 1.